The van der Waals surface area contributed by atoms with Crippen molar-refractivity contribution in [1.29, 1.82) is 0 Å². The van der Waals surface area contributed by atoms with Crippen LogP contribution in [-0.2, 0) is 9.63 Å². The summed E-state index contributed by atoms with van der Waals surface area (Å²) >= 11 is 0. The van der Waals surface area contributed by atoms with Crippen LogP contribution < -0.4 is 5.48 Å². The summed E-state index contributed by atoms with van der Waals surface area (Å²) in [7, 11) is 0. The number of carbonyl (C=O) groups excluding carboxylic acids is 2. The van der Waals surface area contributed by atoms with Gasteiger partial charge in [0.2, 0.25) is 0 Å². The molecule has 0 amide bonds. The van der Waals surface area contributed by atoms with Crippen molar-refractivity contribution in [2.75, 3.05) is 6.54 Å². The summed E-state index contributed by atoms with van der Waals surface area (Å²) in [6, 6.07) is 8.94. The Morgan fingerprint density at radius 3 is 2.38 bits per heavy atom. The molecule has 4 heteroatoms. The van der Waals surface area contributed by atoms with E-state index in [4.69, 9.17) is 4.84 Å². The molecule has 1 aromatic carbocycles. The first-order valence-corrected chi connectivity index (χ1v) is 7.74. The number of hydrogen-bond donors (Lipinski definition) is 1. The molecule has 116 valence electrons. The average molecular weight is 291 g/mol. The van der Waals surface area contributed by atoms with Crippen LogP contribution in [0.2, 0.25) is 0 Å². The molecule has 1 rings (SSSR count). The third-order valence-corrected chi connectivity index (χ3v) is 3.25. The minimum atomic E-state index is -0.300. The fraction of sp³-hybridized carbons (Fsp3) is 0.529. The van der Waals surface area contributed by atoms with Gasteiger partial charge in [0.15, 0.2) is 5.78 Å². The second kappa shape index (κ2) is 11.0. The predicted octanol–water partition coefficient (Wildman–Crippen LogP) is 3.67. The number of benzene rings is 1. The number of Topliss-reactive ketones (excluding diaryl/α,β-unsaturated/α-hetero) is 1. The molecule has 0 bridgehead atoms. The molecule has 0 unspecified atom stereocenters. The van der Waals surface area contributed by atoms with Crippen LogP contribution in [-0.4, -0.2) is 18.3 Å². The highest BCUT2D eigenvalue weighted by atomic mass is 16.7. The molecule has 0 fully saturated rings. The van der Waals surface area contributed by atoms with Crippen LogP contribution in [0.3, 0.4) is 0 Å². The molecule has 0 aromatic heterocycles. The molecular formula is C17H25NO3. The van der Waals surface area contributed by atoms with Crippen molar-refractivity contribution in [1.82, 2.24) is 5.48 Å². The summed E-state index contributed by atoms with van der Waals surface area (Å²) < 4.78 is 0. The Hall–Kier alpha value is -1.68. The number of ketones is 1. The van der Waals surface area contributed by atoms with E-state index >= 15 is 0 Å². The molecule has 21 heavy (non-hydrogen) atoms. The van der Waals surface area contributed by atoms with Gasteiger partial charge in [0.1, 0.15) is 0 Å². The van der Waals surface area contributed by atoms with Crippen LogP contribution in [0, 0.1) is 0 Å². The maximum Gasteiger partial charge on any atom is 0.324 e. The van der Waals surface area contributed by atoms with Crippen LogP contribution in [0.4, 0.5) is 0 Å². The van der Waals surface area contributed by atoms with Crippen molar-refractivity contribution >= 4 is 11.8 Å². The van der Waals surface area contributed by atoms with Gasteiger partial charge in [-0.3, -0.25) is 9.59 Å². The lowest BCUT2D eigenvalue weighted by Gasteiger charge is -2.05. The lowest BCUT2D eigenvalue weighted by molar-refractivity contribution is -0.150. The van der Waals surface area contributed by atoms with E-state index in [9.17, 15) is 9.59 Å². The molecule has 0 radical (unpaired) electrons. The molecule has 0 saturated carbocycles. The molecule has 1 N–H and O–H groups in total. The Kier molecular flexibility index (Phi) is 9.13. The van der Waals surface area contributed by atoms with Crippen molar-refractivity contribution < 1.29 is 14.4 Å². The van der Waals surface area contributed by atoms with Gasteiger partial charge in [-0.05, 0) is 6.42 Å². The topological polar surface area (TPSA) is 55.4 Å². The van der Waals surface area contributed by atoms with Gasteiger partial charge in [0, 0.05) is 12.0 Å². The van der Waals surface area contributed by atoms with E-state index in [-0.39, 0.29) is 18.3 Å². The largest absolute Gasteiger partial charge is 0.370 e. The quantitative estimate of drug-likeness (QED) is 0.384. The van der Waals surface area contributed by atoms with Crippen LogP contribution in [0.5, 0.6) is 0 Å². The van der Waals surface area contributed by atoms with Crippen molar-refractivity contribution in [2.24, 2.45) is 0 Å². The normalized spacial score (nSPS) is 10.3. The van der Waals surface area contributed by atoms with Crippen LogP contribution in [0.25, 0.3) is 0 Å². The molecule has 0 aliphatic rings. The summed E-state index contributed by atoms with van der Waals surface area (Å²) in [6.45, 7) is 2.19. The Labute approximate surface area is 126 Å². The number of unbranched alkanes of at least 4 members (excludes halogenated alkanes) is 5. The molecule has 0 aliphatic heterocycles. The van der Waals surface area contributed by atoms with E-state index in [1.807, 2.05) is 6.07 Å². The Balaban J connectivity index is 2.04. The smallest absolute Gasteiger partial charge is 0.324 e. The van der Waals surface area contributed by atoms with Gasteiger partial charge < -0.3 is 4.84 Å². The highest BCUT2D eigenvalue weighted by Crippen LogP contribution is 2.07. The number of hydroxylamine groups is 1. The van der Waals surface area contributed by atoms with Crippen molar-refractivity contribution in [3.63, 3.8) is 0 Å². The lowest BCUT2D eigenvalue weighted by atomic mass is 10.1. The van der Waals surface area contributed by atoms with E-state index in [0.717, 1.165) is 12.8 Å². The summed E-state index contributed by atoms with van der Waals surface area (Å²) in [4.78, 5) is 28.0. The van der Waals surface area contributed by atoms with Gasteiger partial charge in [0.25, 0.3) is 0 Å². The first kappa shape index (κ1) is 17.4. The third-order valence-electron chi connectivity index (χ3n) is 3.25. The molecule has 0 atom stereocenters. The van der Waals surface area contributed by atoms with E-state index in [1.165, 1.54) is 25.7 Å². The number of nitrogens with one attached hydrogen (secondary N) is 1. The average Bonchev–Trinajstić information content (AvgIpc) is 2.51. The third kappa shape index (κ3) is 8.25. The minimum Gasteiger partial charge on any atom is -0.370 e. The van der Waals surface area contributed by atoms with Gasteiger partial charge in [-0.1, -0.05) is 69.4 Å². The first-order valence-electron chi connectivity index (χ1n) is 7.74. The SMILES string of the molecule is CCCCCCCCC(=O)ONCC(=O)c1ccccc1. The van der Waals surface area contributed by atoms with Gasteiger partial charge in [-0.25, -0.2) is 0 Å². The molecule has 0 heterocycles. The Morgan fingerprint density at radius 2 is 1.67 bits per heavy atom. The number of carbonyl (C=O) groups is 2. The Bertz CT molecular complexity index is 417. The maximum atomic E-state index is 11.7. The lowest BCUT2D eigenvalue weighted by Crippen LogP contribution is -2.26. The van der Waals surface area contributed by atoms with E-state index < -0.39 is 0 Å². The van der Waals surface area contributed by atoms with Gasteiger partial charge in [0.05, 0.1) is 6.54 Å². The van der Waals surface area contributed by atoms with Crippen molar-refractivity contribution in [3.8, 4) is 0 Å². The van der Waals surface area contributed by atoms with E-state index in [1.54, 1.807) is 24.3 Å². The molecule has 0 aliphatic carbocycles. The first-order chi connectivity index (χ1) is 10.2. The van der Waals surface area contributed by atoms with E-state index in [2.05, 4.69) is 12.4 Å². The summed E-state index contributed by atoms with van der Waals surface area (Å²) in [6.07, 6.45) is 7.18. The molecule has 0 saturated heterocycles. The fourth-order valence-electron chi connectivity index (χ4n) is 2.01. The molecule has 0 spiro atoms. The van der Waals surface area contributed by atoms with Gasteiger partial charge in [-0.2, -0.15) is 0 Å². The zero-order chi connectivity index (χ0) is 15.3. The number of hydrogen-bond acceptors (Lipinski definition) is 4. The fourth-order valence-corrected chi connectivity index (χ4v) is 2.01. The minimum absolute atomic E-state index is 0.00620. The highest BCUT2D eigenvalue weighted by Gasteiger charge is 2.07. The maximum absolute atomic E-state index is 11.7. The van der Waals surface area contributed by atoms with Crippen LogP contribution >= 0.6 is 0 Å². The highest BCUT2D eigenvalue weighted by molar-refractivity contribution is 5.97. The molecule has 4 nitrogen and oxygen atoms in total. The molecule has 1 aromatic rings. The van der Waals surface area contributed by atoms with Crippen molar-refractivity contribution in [2.45, 2.75) is 51.9 Å². The second-order valence-corrected chi connectivity index (χ2v) is 5.10. The second-order valence-electron chi connectivity index (χ2n) is 5.10. The van der Waals surface area contributed by atoms with Crippen LogP contribution in [0.1, 0.15) is 62.2 Å². The van der Waals surface area contributed by atoms with E-state index in [0.29, 0.717) is 12.0 Å². The zero-order valence-electron chi connectivity index (χ0n) is 12.8. The Morgan fingerprint density at radius 1 is 1.00 bits per heavy atom. The summed E-state index contributed by atoms with van der Waals surface area (Å²) in [5.74, 6) is -0.394. The predicted molar refractivity (Wildman–Crippen MR) is 82.9 cm³/mol. The monoisotopic (exact) mass is 291 g/mol. The number of rotatable bonds is 11. The standard InChI is InChI=1S/C17H25NO3/c1-2-3-4-5-6-10-13-17(20)21-18-14-16(19)15-11-8-7-9-12-15/h7-9,11-12,18H,2-6,10,13-14H2,1H3. The summed E-state index contributed by atoms with van der Waals surface area (Å²) in [5.41, 5.74) is 3.05. The van der Waals surface area contributed by atoms with Crippen molar-refractivity contribution in [3.05, 3.63) is 35.9 Å². The van der Waals surface area contributed by atoms with Gasteiger partial charge >= 0.3 is 5.97 Å². The summed E-state index contributed by atoms with van der Waals surface area (Å²) in [5, 5.41) is 0. The zero-order valence-corrected chi connectivity index (χ0v) is 12.8. The molecular weight excluding hydrogens is 266 g/mol. The van der Waals surface area contributed by atoms with Crippen LogP contribution in [0.15, 0.2) is 30.3 Å². The van der Waals surface area contributed by atoms with Gasteiger partial charge in [-0.15, -0.1) is 5.48 Å².